The lowest BCUT2D eigenvalue weighted by Crippen LogP contribution is -2.33. The van der Waals surface area contributed by atoms with E-state index >= 15 is 0 Å². The fraction of sp³-hybridized carbons (Fsp3) is 0.364. The molecule has 0 amide bonds. The van der Waals surface area contributed by atoms with E-state index in [1.807, 2.05) is 0 Å². The number of benzene rings is 2. The van der Waals surface area contributed by atoms with E-state index in [0.29, 0.717) is 23.7 Å². The summed E-state index contributed by atoms with van der Waals surface area (Å²) in [7, 11) is -4.45. The standard InChI is InChI=1S/C22H24F3N3O5S/c1-2-33-15-7-8-20(17(11-15)22(23,24)25)34(31,32)28-10-9-14(13-28)27-19-6-4-3-5-16(19)18(26)12-21(29)30/h3-8,11,14,26-27H,2,9-10,12-13H2,1H3,(H,29,30). The van der Waals surface area contributed by atoms with Crippen LogP contribution in [0.5, 0.6) is 5.75 Å². The number of sulfonamides is 1. The summed E-state index contributed by atoms with van der Waals surface area (Å²) in [5.74, 6) is -1.23. The largest absolute Gasteiger partial charge is 0.494 e. The first-order valence-corrected chi connectivity index (χ1v) is 11.9. The molecule has 1 aliphatic rings. The molecule has 0 saturated carbocycles. The molecule has 3 rings (SSSR count). The maximum Gasteiger partial charge on any atom is 0.417 e. The summed E-state index contributed by atoms with van der Waals surface area (Å²) >= 11 is 0. The van der Waals surface area contributed by atoms with Crippen LogP contribution in [0, 0.1) is 5.41 Å². The van der Waals surface area contributed by atoms with Gasteiger partial charge < -0.3 is 20.6 Å². The molecule has 0 radical (unpaired) electrons. The number of hydrogen-bond donors (Lipinski definition) is 3. The summed E-state index contributed by atoms with van der Waals surface area (Å²) in [6, 6.07) is 8.89. The van der Waals surface area contributed by atoms with Crippen molar-refractivity contribution < 1.29 is 36.2 Å². The fourth-order valence-corrected chi connectivity index (χ4v) is 5.45. The molecule has 2 aromatic rings. The van der Waals surface area contributed by atoms with Crippen LogP contribution in [0.25, 0.3) is 0 Å². The Morgan fingerprint density at radius 3 is 2.62 bits per heavy atom. The molecule has 0 aliphatic carbocycles. The summed E-state index contributed by atoms with van der Waals surface area (Å²) in [6.45, 7) is 1.65. The smallest absolute Gasteiger partial charge is 0.417 e. The number of halogens is 3. The number of nitrogens with zero attached hydrogens (tertiary/aromatic N) is 1. The van der Waals surface area contributed by atoms with Crippen molar-refractivity contribution in [1.82, 2.24) is 4.31 Å². The van der Waals surface area contributed by atoms with Gasteiger partial charge in [-0.3, -0.25) is 4.79 Å². The predicted octanol–water partition coefficient (Wildman–Crippen LogP) is 3.82. The van der Waals surface area contributed by atoms with E-state index in [0.717, 1.165) is 10.4 Å². The highest BCUT2D eigenvalue weighted by atomic mass is 32.2. The van der Waals surface area contributed by atoms with Gasteiger partial charge in [-0.1, -0.05) is 18.2 Å². The number of carboxylic acid groups (broad SMARTS) is 1. The normalized spacial score (nSPS) is 16.9. The van der Waals surface area contributed by atoms with Crippen molar-refractivity contribution in [2.24, 2.45) is 0 Å². The van der Waals surface area contributed by atoms with Gasteiger partial charge in [-0.15, -0.1) is 0 Å². The average molecular weight is 500 g/mol. The van der Waals surface area contributed by atoms with Gasteiger partial charge in [0, 0.05) is 30.4 Å². The second-order valence-electron chi connectivity index (χ2n) is 7.68. The Hall–Kier alpha value is -3.12. The van der Waals surface area contributed by atoms with Gasteiger partial charge in [-0.2, -0.15) is 17.5 Å². The molecule has 1 atom stereocenters. The van der Waals surface area contributed by atoms with Gasteiger partial charge in [0.1, 0.15) is 5.75 Å². The van der Waals surface area contributed by atoms with Crippen molar-refractivity contribution in [3.63, 3.8) is 0 Å². The minimum absolute atomic E-state index is 0.000746. The Morgan fingerprint density at radius 1 is 1.26 bits per heavy atom. The van der Waals surface area contributed by atoms with Crippen LogP contribution in [-0.4, -0.2) is 55.2 Å². The first-order valence-electron chi connectivity index (χ1n) is 10.4. The molecule has 0 spiro atoms. The second-order valence-corrected chi connectivity index (χ2v) is 9.58. The summed E-state index contributed by atoms with van der Waals surface area (Å²) in [6.07, 6.45) is -5.06. The van der Waals surface area contributed by atoms with E-state index in [1.165, 1.54) is 6.07 Å². The molecule has 12 heteroatoms. The van der Waals surface area contributed by atoms with Crippen LogP contribution >= 0.6 is 0 Å². The molecule has 2 aromatic carbocycles. The average Bonchev–Trinajstić information content (AvgIpc) is 3.22. The Bertz CT molecular complexity index is 1180. The first kappa shape index (κ1) is 25.5. The number of alkyl halides is 3. The highest BCUT2D eigenvalue weighted by Crippen LogP contribution is 2.38. The van der Waals surface area contributed by atoms with Crippen molar-refractivity contribution in [2.75, 3.05) is 25.0 Å². The van der Waals surface area contributed by atoms with Gasteiger partial charge in [0.25, 0.3) is 0 Å². The van der Waals surface area contributed by atoms with Crippen LogP contribution in [0.15, 0.2) is 47.4 Å². The van der Waals surface area contributed by atoms with Crippen LogP contribution in [0.3, 0.4) is 0 Å². The lowest BCUT2D eigenvalue weighted by molar-refractivity contribution is -0.140. The number of carbonyl (C=O) groups is 1. The number of aliphatic carboxylic acids is 1. The van der Waals surface area contributed by atoms with E-state index < -0.39 is 45.1 Å². The van der Waals surface area contributed by atoms with E-state index in [1.54, 1.807) is 31.2 Å². The lowest BCUT2D eigenvalue weighted by atomic mass is 10.0. The number of ether oxygens (including phenoxy) is 1. The predicted molar refractivity (Wildman–Crippen MR) is 119 cm³/mol. The molecule has 1 aliphatic heterocycles. The van der Waals surface area contributed by atoms with E-state index in [9.17, 15) is 26.4 Å². The molecule has 0 bridgehead atoms. The summed E-state index contributed by atoms with van der Waals surface area (Å²) in [5, 5.41) is 20.1. The molecule has 34 heavy (non-hydrogen) atoms. The number of nitrogens with one attached hydrogen (secondary N) is 2. The molecular weight excluding hydrogens is 475 g/mol. The van der Waals surface area contributed by atoms with Gasteiger partial charge in [-0.25, -0.2) is 8.42 Å². The number of rotatable bonds is 9. The molecule has 1 heterocycles. The van der Waals surface area contributed by atoms with Crippen molar-refractivity contribution in [3.8, 4) is 5.75 Å². The van der Waals surface area contributed by atoms with Crippen LogP contribution in [0.1, 0.15) is 30.9 Å². The summed E-state index contributed by atoms with van der Waals surface area (Å²) in [4.78, 5) is 10.1. The maximum atomic E-state index is 13.6. The zero-order valence-corrected chi connectivity index (χ0v) is 19.0. The molecule has 184 valence electrons. The molecule has 3 N–H and O–H groups in total. The topological polar surface area (TPSA) is 120 Å². The third kappa shape index (κ3) is 5.68. The second kappa shape index (κ2) is 10.0. The maximum absolute atomic E-state index is 13.6. The number of hydrogen-bond acceptors (Lipinski definition) is 6. The molecule has 1 unspecified atom stereocenters. The van der Waals surface area contributed by atoms with Crippen LogP contribution in [0.2, 0.25) is 0 Å². The molecular formula is C22H24F3N3O5S. The molecule has 1 fully saturated rings. The third-order valence-corrected chi connectivity index (χ3v) is 7.20. The minimum atomic E-state index is -4.89. The Kier molecular flexibility index (Phi) is 7.51. The molecule has 8 nitrogen and oxygen atoms in total. The van der Waals surface area contributed by atoms with Crippen LogP contribution < -0.4 is 10.1 Å². The summed E-state index contributed by atoms with van der Waals surface area (Å²) < 4.78 is 73.3. The third-order valence-electron chi connectivity index (χ3n) is 5.28. The van der Waals surface area contributed by atoms with Crippen LogP contribution in [-0.2, 0) is 21.0 Å². The summed E-state index contributed by atoms with van der Waals surface area (Å²) in [5.41, 5.74) is -0.600. The van der Waals surface area contributed by atoms with E-state index in [4.69, 9.17) is 15.3 Å². The Morgan fingerprint density at radius 2 is 1.97 bits per heavy atom. The Labute approximate surface area is 194 Å². The van der Waals surface area contributed by atoms with Gasteiger partial charge in [0.2, 0.25) is 10.0 Å². The minimum Gasteiger partial charge on any atom is -0.494 e. The SMILES string of the molecule is CCOc1ccc(S(=O)(=O)N2CCC(Nc3ccccc3C(=N)CC(=O)O)C2)c(C(F)(F)F)c1. The van der Waals surface area contributed by atoms with Gasteiger partial charge in [0.05, 0.1) is 29.2 Å². The van der Waals surface area contributed by atoms with Crippen LogP contribution in [0.4, 0.5) is 18.9 Å². The fourth-order valence-electron chi connectivity index (χ4n) is 3.75. The van der Waals surface area contributed by atoms with Crippen molar-refractivity contribution >= 4 is 27.4 Å². The zero-order valence-electron chi connectivity index (χ0n) is 18.2. The zero-order chi connectivity index (χ0) is 25.1. The Balaban J connectivity index is 1.83. The van der Waals surface area contributed by atoms with Gasteiger partial charge in [0.15, 0.2) is 0 Å². The lowest BCUT2D eigenvalue weighted by Gasteiger charge is -2.21. The number of para-hydroxylation sites is 1. The quantitative estimate of drug-likeness (QED) is 0.451. The van der Waals surface area contributed by atoms with E-state index in [-0.39, 0.29) is 31.2 Å². The van der Waals surface area contributed by atoms with Crippen molar-refractivity contribution in [3.05, 3.63) is 53.6 Å². The van der Waals surface area contributed by atoms with Gasteiger partial charge in [-0.05, 0) is 37.6 Å². The highest BCUT2D eigenvalue weighted by Gasteiger charge is 2.41. The highest BCUT2D eigenvalue weighted by molar-refractivity contribution is 7.89. The number of anilines is 1. The monoisotopic (exact) mass is 499 g/mol. The molecule has 1 saturated heterocycles. The van der Waals surface area contributed by atoms with E-state index in [2.05, 4.69) is 5.32 Å². The van der Waals surface area contributed by atoms with Gasteiger partial charge >= 0.3 is 12.1 Å². The van der Waals surface area contributed by atoms with Crippen molar-refractivity contribution in [1.29, 1.82) is 5.41 Å². The first-order chi connectivity index (χ1) is 15.9. The number of carboxylic acids is 1. The molecule has 0 aromatic heterocycles. The van der Waals surface area contributed by atoms with Crippen molar-refractivity contribution in [2.45, 2.75) is 36.9 Å².